The first-order valence-electron chi connectivity index (χ1n) is 16.2. The molecule has 1 saturated heterocycles. The quantitative estimate of drug-likeness (QED) is 0.193. The van der Waals surface area contributed by atoms with Crippen molar-refractivity contribution in [3.63, 3.8) is 0 Å². The van der Waals surface area contributed by atoms with E-state index in [9.17, 15) is 14.4 Å². The molecule has 8 rings (SSSR count). The van der Waals surface area contributed by atoms with Crippen LogP contribution in [0.15, 0.2) is 94.7 Å². The largest absolute Gasteiger partial charge is 0.497 e. The van der Waals surface area contributed by atoms with Crippen LogP contribution in [0.1, 0.15) is 54.1 Å². The van der Waals surface area contributed by atoms with Crippen molar-refractivity contribution >= 4 is 23.7 Å². The van der Waals surface area contributed by atoms with E-state index in [0.29, 0.717) is 18.7 Å². The van der Waals surface area contributed by atoms with Crippen molar-refractivity contribution in [2.75, 3.05) is 26.1 Å². The zero-order valence-electron chi connectivity index (χ0n) is 26.8. The number of ether oxygens (including phenoxy) is 3. The molecule has 0 saturated carbocycles. The SMILES string of the molecule is CCOC(=O)[C@@H]1[C@@H](C(=O)OCC)[C@H]2c3c(c(-c4ccccc4)c4n(c3=O)CCS4)[C@@H]1[C@H](c1ccccc1)N2Cc1ccc(OC)cc1. The number of carbonyl (C=O) groups excluding carboxylic acids is 2. The Hall–Kier alpha value is -4.34. The summed E-state index contributed by atoms with van der Waals surface area (Å²) in [5.41, 5.74) is 5.29. The summed E-state index contributed by atoms with van der Waals surface area (Å²) in [7, 11) is 1.63. The third-order valence-electron chi connectivity index (χ3n) is 9.69. The number of aromatic nitrogens is 1. The standard InChI is InChI=1S/C38H38N2O6S/c1-4-45-37(42)30-29-28-27(24-12-8-6-9-13-24)36-39(20-21-47-36)35(41)31(28)34(32(30)38(43)46-5-2)40(33(29)25-14-10-7-11-15-25)22-23-16-18-26(44-3)19-17-23/h6-19,29-30,32-34H,4-5,20-22H2,1-3H3/t29-,30-,32+,33-,34+/m0/s1. The average Bonchev–Trinajstić information content (AvgIpc) is 3.60. The van der Waals surface area contributed by atoms with Crippen LogP contribution in [0.25, 0.3) is 11.1 Å². The maximum absolute atomic E-state index is 14.8. The minimum Gasteiger partial charge on any atom is -0.497 e. The molecule has 5 atom stereocenters. The molecule has 0 spiro atoms. The third kappa shape index (κ3) is 5.26. The number of hydrogen-bond acceptors (Lipinski definition) is 8. The first kappa shape index (κ1) is 31.3. The van der Waals surface area contributed by atoms with Gasteiger partial charge in [-0.2, -0.15) is 0 Å². The van der Waals surface area contributed by atoms with Gasteiger partial charge in [-0.1, -0.05) is 72.8 Å². The fraction of sp³-hybridized carbons (Fsp3) is 0.342. The van der Waals surface area contributed by atoms with E-state index in [-0.39, 0.29) is 24.8 Å². The summed E-state index contributed by atoms with van der Waals surface area (Å²) in [6.45, 7) is 4.89. The summed E-state index contributed by atoms with van der Waals surface area (Å²) in [5.74, 6) is -1.79. The number of carbonyl (C=O) groups is 2. The first-order chi connectivity index (χ1) is 23.0. The Morgan fingerprint density at radius 1 is 0.809 bits per heavy atom. The van der Waals surface area contributed by atoms with Crippen LogP contribution in [0.3, 0.4) is 0 Å². The van der Waals surface area contributed by atoms with E-state index in [1.165, 1.54) is 0 Å². The number of hydrogen-bond donors (Lipinski definition) is 0. The molecule has 1 fully saturated rings. The molecule has 0 amide bonds. The smallest absolute Gasteiger partial charge is 0.311 e. The van der Waals surface area contributed by atoms with Gasteiger partial charge in [0.15, 0.2) is 0 Å². The lowest BCUT2D eigenvalue weighted by molar-refractivity contribution is -0.175. The number of fused-ring (bicyclic) bond motifs is 3. The zero-order valence-corrected chi connectivity index (χ0v) is 27.6. The molecule has 4 aromatic rings. The van der Waals surface area contributed by atoms with Crippen molar-refractivity contribution < 1.29 is 23.8 Å². The summed E-state index contributed by atoms with van der Waals surface area (Å²) in [4.78, 5) is 45.4. The third-order valence-corrected chi connectivity index (χ3v) is 10.8. The number of rotatable bonds is 9. The molecule has 1 aromatic heterocycles. The Balaban J connectivity index is 1.57. The summed E-state index contributed by atoms with van der Waals surface area (Å²) >= 11 is 1.67. The molecule has 0 unspecified atom stereocenters. The van der Waals surface area contributed by atoms with Gasteiger partial charge in [0.05, 0.1) is 43.2 Å². The Bertz CT molecular complexity index is 1840. The molecule has 2 bridgehead atoms. The molecule has 47 heavy (non-hydrogen) atoms. The molecule has 0 radical (unpaired) electrons. The van der Waals surface area contributed by atoms with Crippen molar-refractivity contribution in [3.8, 4) is 16.9 Å². The lowest BCUT2D eigenvalue weighted by Crippen LogP contribution is -2.59. The zero-order chi connectivity index (χ0) is 32.7. The maximum atomic E-state index is 14.8. The van der Waals surface area contributed by atoms with Crippen LogP contribution in [-0.4, -0.2) is 47.5 Å². The number of nitrogens with zero attached hydrogens (tertiary/aromatic N) is 2. The number of esters is 2. The van der Waals surface area contributed by atoms with Crippen molar-refractivity contribution in [1.29, 1.82) is 0 Å². The fourth-order valence-electron chi connectivity index (χ4n) is 7.96. The van der Waals surface area contributed by atoms with E-state index < -0.39 is 35.7 Å². The molecule has 242 valence electrons. The maximum Gasteiger partial charge on any atom is 0.311 e. The van der Waals surface area contributed by atoms with E-state index in [4.69, 9.17) is 14.2 Å². The summed E-state index contributed by atoms with van der Waals surface area (Å²) in [5, 5.41) is 0.913. The minimum absolute atomic E-state index is 0.0995. The van der Waals surface area contributed by atoms with E-state index in [2.05, 4.69) is 29.2 Å². The molecule has 4 aliphatic rings. The number of pyridine rings is 1. The van der Waals surface area contributed by atoms with Gasteiger partial charge < -0.3 is 18.8 Å². The first-order valence-corrected chi connectivity index (χ1v) is 17.2. The van der Waals surface area contributed by atoms with E-state index in [1.54, 1.807) is 32.7 Å². The number of piperidine rings is 1. The van der Waals surface area contributed by atoms with E-state index in [1.807, 2.05) is 65.2 Å². The van der Waals surface area contributed by atoms with Gasteiger partial charge in [-0.25, -0.2) is 0 Å². The molecule has 3 aliphatic heterocycles. The van der Waals surface area contributed by atoms with Crippen LogP contribution in [0, 0.1) is 11.8 Å². The number of thioether (sulfide) groups is 1. The Kier molecular flexibility index (Phi) is 8.68. The van der Waals surface area contributed by atoms with Crippen LogP contribution in [-0.2, 0) is 32.2 Å². The predicted molar refractivity (Wildman–Crippen MR) is 180 cm³/mol. The van der Waals surface area contributed by atoms with Gasteiger partial charge in [0, 0.05) is 41.9 Å². The Morgan fingerprint density at radius 2 is 1.45 bits per heavy atom. The van der Waals surface area contributed by atoms with Gasteiger partial charge >= 0.3 is 11.9 Å². The summed E-state index contributed by atoms with van der Waals surface area (Å²) in [6, 6.07) is 27.0. The fourth-order valence-corrected chi connectivity index (χ4v) is 9.13. The Labute approximate surface area is 278 Å². The second kappa shape index (κ2) is 13.0. The second-order valence-electron chi connectivity index (χ2n) is 12.1. The minimum atomic E-state index is -0.936. The molecule has 9 heteroatoms. The van der Waals surface area contributed by atoms with Crippen LogP contribution in [0.2, 0.25) is 0 Å². The summed E-state index contributed by atoms with van der Waals surface area (Å²) < 4.78 is 18.8. The molecular formula is C38H38N2O6S. The van der Waals surface area contributed by atoms with Crippen molar-refractivity contribution in [2.45, 2.75) is 50.0 Å². The van der Waals surface area contributed by atoms with Crippen LogP contribution < -0.4 is 10.3 Å². The van der Waals surface area contributed by atoms with Gasteiger partial charge in [-0.05, 0) is 48.2 Å². The van der Waals surface area contributed by atoms with Gasteiger partial charge in [0.25, 0.3) is 5.56 Å². The van der Waals surface area contributed by atoms with Gasteiger partial charge in [0.2, 0.25) is 0 Å². The molecule has 3 aromatic carbocycles. The highest BCUT2D eigenvalue weighted by molar-refractivity contribution is 7.99. The highest BCUT2D eigenvalue weighted by Crippen LogP contribution is 2.63. The second-order valence-corrected chi connectivity index (χ2v) is 13.2. The predicted octanol–water partition coefficient (Wildman–Crippen LogP) is 6.38. The lowest BCUT2D eigenvalue weighted by Gasteiger charge is -2.58. The topological polar surface area (TPSA) is 87.1 Å². The van der Waals surface area contributed by atoms with Crippen LogP contribution >= 0.6 is 11.8 Å². The molecule has 1 aliphatic carbocycles. The average molecular weight is 651 g/mol. The van der Waals surface area contributed by atoms with Gasteiger partial charge in [0.1, 0.15) is 5.75 Å². The van der Waals surface area contributed by atoms with Gasteiger partial charge in [-0.3, -0.25) is 19.3 Å². The molecule has 8 nitrogen and oxygen atoms in total. The molecule has 0 N–H and O–H groups in total. The highest BCUT2D eigenvalue weighted by atomic mass is 32.2. The Morgan fingerprint density at radius 3 is 2.09 bits per heavy atom. The normalized spacial score (nSPS) is 22.7. The molecular weight excluding hydrogens is 612 g/mol. The van der Waals surface area contributed by atoms with E-state index in [0.717, 1.165) is 44.3 Å². The molecule has 4 heterocycles. The lowest BCUT2D eigenvalue weighted by atomic mass is 9.57. The monoisotopic (exact) mass is 650 g/mol. The van der Waals surface area contributed by atoms with Crippen molar-refractivity contribution in [1.82, 2.24) is 9.47 Å². The summed E-state index contributed by atoms with van der Waals surface area (Å²) in [6.07, 6.45) is 0. The highest BCUT2D eigenvalue weighted by Gasteiger charge is 2.63. The van der Waals surface area contributed by atoms with Crippen molar-refractivity contribution in [3.05, 3.63) is 118 Å². The van der Waals surface area contributed by atoms with Crippen molar-refractivity contribution in [2.24, 2.45) is 11.8 Å². The van der Waals surface area contributed by atoms with Gasteiger partial charge in [-0.15, -0.1) is 11.8 Å². The van der Waals surface area contributed by atoms with E-state index >= 15 is 0 Å². The van der Waals surface area contributed by atoms with Crippen LogP contribution in [0.4, 0.5) is 0 Å². The number of benzene rings is 3. The van der Waals surface area contributed by atoms with Crippen LogP contribution in [0.5, 0.6) is 5.75 Å². The number of methoxy groups -OCH3 is 1.